The molecule has 0 aliphatic rings. The van der Waals surface area contributed by atoms with E-state index in [1.165, 1.54) is 19.3 Å². The van der Waals surface area contributed by atoms with Gasteiger partial charge in [-0.3, -0.25) is 0 Å². The van der Waals surface area contributed by atoms with E-state index in [-0.39, 0.29) is 5.54 Å². The highest BCUT2D eigenvalue weighted by atomic mass is 15.0. The van der Waals surface area contributed by atoms with Crippen LogP contribution in [0.15, 0.2) is 0 Å². The molecule has 0 radical (unpaired) electrons. The largest absolute Gasteiger partial charge is 0.308 e. The van der Waals surface area contributed by atoms with Crippen molar-refractivity contribution < 1.29 is 0 Å². The number of hydrogen-bond donors (Lipinski definition) is 2. The molecule has 2 heteroatoms. The summed E-state index contributed by atoms with van der Waals surface area (Å²) in [5.74, 6) is 1.73. The molecule has 0 saturated carbocycles. The molecule has 2 N–H and O–H groups in total. The monoisotopic (exact) mass is 310 g/mol. The molecule has 0 fully saturated rings. The van der Waals surface area contributed by atoms with Gasteiger partial charge in [-0.05, 0) is 49.9 Å². The lowest BCUT2D eigenvalue weighted by molar-refractivity contribution is 0.193. The molecule has 132 valence electrons. The van der Waals surface area contributed by atoms with Crippen LogP contribution in [0.5, 0.6) is 0 Å². The topological polar surface area (TPSA) is 35.9 Å². The third-order valence-corrected chi connectivity index (χ3v) is 4.79. The second-order valence-corrected chi connectivity index (χ2v) is 9.26. The summed E-state index contributed by atoms with van der Waals surface area (Å²) in [6, 6.07) is 0. The van der Waals surface area contributed by atoms with E-state index in [2.05, 4.69) is 67.6 Å². The van der Waals surface area contributed by atoms with Crippen LogP contribution in [-0.4, -0.2) is 17.8 Å². The summed E-state index contributed by atoms with van der Waals surface area (Å²) in [5.41, 5.74) is 1.28. The fourth-order valence-electron chi connectivity index (χ4n) is 3.98. The molecule has 0 aromatic heterocycles. The first kappa shape index (κ1) is 21.6. The van der Waals surface area contributed by atoms with Gasteiger partial charge in [-0.25, -0.2) is 0 Å². The van der Waals surface area contributed by atoms with Gasteiger partial charge in [0.1, 0.15) is 0 Å². The molecule has 0 amide bonds. The van der Waals surface area contributed by atoms with Crippen molar-refractivity contribution in [1.29, 1.82) is 5.41 Å². The van der Waals surface area contributed by atoms with Crippen molar-refractivity contribution in [3.63, 3.8) is 0 Å². The van der Waals surface area contributed by atoms with Crippen LogP contribution < -0.4 is 5.32 Å². The summed E-state index contributed by atoms with van der Waals surface area (Å²) in [6.07, 6.45) is 4.82. The quantitative estimate of drug-likeness (QED) is 0.457. The van der Waals surface area contributed by atoms with Crippen molar-refractivity contribution in [2.24, 2.45) is 23.2 Å². The normalized spacial score (nSPS) is 15.9. The van der Waals surface area contributed by atoms with Gasteiger partial charge in [0.15, 0.2) is 0 Å². The standard InChI is InChI=1S/C20H42N2/c1-10-11-16(4)17(5)18(21)13-22-20(8,9)14-19(6,7)12-15(2)3/h15-17,21-22H,10-14H2,1-9H3. The first-order chi connectivity index (χ1) is 9.90. The molecule has 2 nitrogen and oxygen atoms in total. The lowest BCUT2D eigenvalue weighted by Gasteiger charge is -2.37. The van der Waals surface area contributed by atoms with E-state index < -0.39 is 0 Å². The minimum absolute atomic E-state index is 0.0818. The molecule has 0 bridgehead atoms. The van der Waals surface area contributed by atoms with Crippen molar-refractivity contribution in [1.82, 2.24) is 5.32 Å². The minimum atomic E-state index is 0.0818. The van der Waals surface area contributed by atoms with Gasteiger partial charge < -0.3 is 10.7 Å². The molecule has 0 aromatic rings. The zero-order chi connectivity index (χ0) is 17.6. The zero-order valence-corrected chi connectivity index (χ0v) is 16.8. The van der Waals surface area contributed by atoms with Gasteiger partial charge in [-0.2, -0.15) is 0 Å². The lowest BCUT2D eigenvalue weighted by Crippen LogP contribution is -2.46. The number of nitrogens with one attached hydrogen (secondary N) is 2. The van der Waals surface area contributed by atoms with Crippen molar-refractivity contribution in [3.05, 3.63) is 0 Å². The zero-order valence-electron chi connectivity index (χ0n) is 16.8. The van der Waals surface area contributed by atoms with Crippen LogP contribution in [0.2, 0.25) is 0 Å². The van der Waals surface area contributed by atoms with E-state index in [4.69, 9.17) is 5.41 Å². The van der Waals surface area contributed by atoms with Gasteiger partial charge >= 0.3 is 0 Å². The van der Waals surface area contributed by atoms with Crippen molar-refractivity contribution in [2.45, 2.75) is 93.5 Å². The Hall–Kier alpha value is -0.370. The van der Waals surface area contributed by atoms with Crippen molar-refractivity contribution in [2.75, 3.05) is 6.54 Å². The maximum absolute atomic E-state index is 8.37. The van der Waals surface area contributed by atoms with Crippen LogP contribution >= 0.6 is 0 Å². The highest BCUT2D eigenvalue weighted by Crippen LogP contribution is 2.34. The highest BCUT2D eigenvalue weighted by Gasteiger charge is 2.29. The predicted molar refractivity (Wildman–Crippen MR) is 101 cm³/mol. The van der Waals surface area contributed by atoms with E-state index in [1.807, 2.05) is 0 Å². The SMILES string of the molecule is CCCC(C)C(C)C(=N)CNC(C)(C)CC(C)(C)CC(C)C. The van der Waals surface area contributed by atoms with Crippen LogP contribution in [0.4, 0.5) is 0 Å². The maximum Gasteiger partial charge on any atom is 0.0340 e. The molecule has 0 rings (SSSR count). The van der Waals surface area contributed by atoms with Crippen LogP contribution in [0.1, 0.15) is 88.0 Å². The Bertz CT molecular complexity index is 329. The number of hydrogen-bond acceptors (Lipinski definition) is 2. The van der Waals surface area contributed by atoms with Crippen LogP contribution in [0, 0.1) is 28.6 Å². The number of rotatable bonds is 11. The molecule has 2 unspecified atom stereocenters. The molecule has 2 atom stereocenters. The molecule has 22 heavy (non-hydrogen) atoms. The molecular formula is C20H42N2. The maximum atomic E-state index is 8.37. The molecule has 0 heterocycles. The van der Waals surface area contributed by atoms with Gasteiger partial charge in [0.2, 0.25) is 0 Å². The molecule has 0 saturated heterocycles. The summed E-state index contributed by atoms with van der Waals surface area (Å²) in [5, 5.41) is 12.0. The Morgan fingerprint density at radius 3 is 2.05 bits per heavy atom. The van der Waals surface area contributed by atoms with Gasteiger partial charge in [-0.1, -0.05) is 61.3 Å². The Morgan fingerprint density at radius 2 is 1.59 bits per heavy atom. The molecule has 0 spiro atoms. The minimum Gasteiger partial charge on any atom is -0.308 e. The second-order valence-electron chi connectivity index (χ2n) is 9.26. The average Bonchev–Trinajstić information content (AvgIpc) is 2.32. The van der Waals surface area contributed by atoms with Gasteiger partial charge in [0.25, 0.3) is 0 Å². The third-order valence-electron chi connectivity index (χ3n) is 4.79. The second kappa shape index (κ2) is 9.05. The predicted octanol–water partition coefficient (Wildman–Crippen LogP) is 5.91. The van der Waals surface area contributed by atoms with Gasteiger partial charge in [0.05, 0.1) is 0 Å². The molecular weight excluding hydrogens is 268 g/mol. The molecule has 0 aliphatic heterocycles. The lowest BCUT2D eigenvalue weighted by atomic mass is 9.75. The first-order valence-electron chi connectivity index (χ1n) is 9.22. The van der Waals surface area contributed by atoms with Crippen LogP contribution in [0.3, 0.4) is 0 Å². The molecule has 0 aliphatic carbocycles. The first-order valence-corrected chi connectivity index (χ1v) is 9.22. The van der Waals surface area contributed by atoms with Crippen LogP contribution in [0.25, 0.3) is 0 Å². The van der Waals surface area contributed by atoms with E-state index in [0.717, 1.165) is 24.6 Å². The fraction of sp³-hybridized carbons (Fsp3) is 0.950. The van der Waals surface area contributed by atoms with Crippen molar-refractivity contribution in [3.8, 4) is 0 Å². The van der Waals surface area contributed by atoms with Crippen LogP contribution in [-0.2, 0) is 0 Å². The fourth-order valence-corrected chi connectivity index (χ4v) is 3.98. The highest BCUT2D eigenvalue weighted by molar-refractivity contribution is 5.85. The Balaban J connectivity index is 4.45. The van der Waals surface area contributed by atoms with Gasteiger partial charge in [-0.15, -0.1) is 0 Å². The summed E-state index contributed by atoms with van der Waals surface area (Å²) in [6.45, 7) is 21.3. The van der Waals surface area contributed by atoms with E-state index >= 15 is 0 Å². The summed E-state index contributed by atoms with van der Waals surface area (Å²) in [7, 11) is 0. The summed E-state index contributed by atoms with van der Waals surface area (Å²) in [4.78, 5) is 0. The van der Waals surface area contributed by atoms with Crippen molar-refractivity contribution >= 4 is 5.71 Å². The van der Waals surface area contributed by atoms with E-state index in [9.17, 15) is 0 Å². The van der Waals surface area contributed by atoms with E-state index in [0.29, 0.717) is 17.3 Å². The van der Waals surface area contributed by atoms with E-state index in [1.54, 1.807) is 0 Å². The Morgan fingerprint density at radius 1 is 1.05 bits per heavy atom. The Labute approximate surface area is 140 Å². The van der Waals surface area contributed by atoms with Gasteiger partial charge in [0, 0.05) is 17.8 Å². The summed E-state index contributed by atoms with van der Waals surface area (Å²) < 4.78 is 0. The summed E-state index contributed by atoms with van der Waals surface area (Å²) >= 11 is 0. The molecule has 0 aromatic carbocycles. The Kier molecular flexibility index (Phi) is 8.90. The third kappa shape index (κ3) is 8.92. The smallest absolute Gasteiger partial charge is 0.0340 e. The average molecular weight is 311 g/mol.